The molecule has 0 amide bonds. The van der Waals surface area contributed by atoms with Crippen molar-refractivity contribution in [2.24, 2.45) is 0 Å². The van der Waals surface area contributed by atoms with Crippen molar-refractivity contribution in [2.75, 3.05) is 13.1 Å². The van der Waals surface area contributed by atoms with Crippen molar-refractivity contribution < 1.29 is 8.42 Å². The fourth-order valence-electron chi connectivity index (χ4n) is 3.34. The molecule has 3 rings (SSSR count). The summed E-state index contributed by atoms with van der Waals surface area (Å²) in [5.74, 6) is 0.157. The molecule has 0 saturated carbocycles. The summed E-state index contributed by atoms with van der Waals surface area (Å²) < 4.78 is 27.9. The molecule has 1 aromatic carbocycles. The third kappa shape index (κ3) is 3.10. The van der Waals surface area contributed by atoms with Crippen LogP contribution in [0.5, 0.6) is 0 Å². The second-order valence-corrected chi connectivity index (χ2v) is 8.85. The molecule has 2 heterocycles. The van der Waals surface area contributed by atoms with Gasteiger partial charge in [0.15, 0.2) is 0 Å². The average molecular weight is 368 g/mol. The Hall–Kier alpha value is -1.37. The minimum Gasteiger partial charge on any atom is -0.282 e. The fourth-order valence-corrected chi connectivity index (χ4v) is 5.37. The molecule has 1 aromatic heterocycles. The molecule has 0 bridgehead atoms. The SMILES string of the molecule is Cc1cc(S(=O)(=O)N2CCC[C@@H](c3[nH]ncc3C)C2)c(C)cc1Cl. The van der Waals surface area contributed by atoms with Crippen LogP contribution in [0, 0.1) is 20.8 Å². The highest BCUT2D eigenvalue weighted by atomic mass is 35.5. The molecule has 0 spiro atoms. The molecule has 1 atom stereocenters. The summed E-state index contributed by atoms with van der Waals surface area (Å²) in [5.41, 5.74) is 3.58. The normalized spacial score (nSPS) is 19.6. The van der Waals surface area contributed by atoms with Crippen LogP contribution in [0.4, 0.5) is 0 Å². The number of aromatic nitrogens is 2. The van der Waals surface area contributed by atoms with Crippen LogP contribution in [0.25, 0.3) is 0 Å². The number of halogens is 1. The Bertz CT molecular complexity index is 861. The van der Waals surface area contributed by atoms with E-state index in [9.17, 15) is 8.42 Å². The Morgan fingerprint density at radius 1 is 1.21 bits per heavy atom. The zero-order chi connectivity index (χ0) is 17.5. The van der Waals surface area contributed by atoms with E-state index in [4.69, 9.17) is 11.6 Å². The fraction of sp³-hybridized carbons (Fsp3) is 0.471. The Labute approximate surface area is 148 Å². The van der Waals surface area contributed by atoms with E-state index in [1.807, 2.05) is 13.8 Å². The molecule has 1 aliphatic heterocycles. The second-order valence-electron chi connectivity index (χ2n) is 6.54. The number of aromatic amines is 1. The number of nitrogens with zero attached hydrogens (tertiary/aromatic N) is 2. The molecule has 1 saturated heterocycles. The van der Waals surface area contributed by atoms with Crippen LogP contribution in [0.1, 0.15) is 41.1 Å². The monoisotopic (exact) mass is 367 g/mol. The second kappa shape index (κ2) is 6.50. The topological polar surface area (TPSA) is 66.1 Å². The smallest absolute Gasteiger partial charge is 0.243 e. The summed E-state index contributed by atoms with van der Waals surface area (Å²) in [6.45, 7) is 6.64. The van der Waals surface area contributed by atoms with Gasteiger partial charge in [-0.2, -0.15) is 9.40 Å². The van der Waals surface area contributed by atoms with E-state index in [1.165, 1.54) is 0 Å². The Balaban J connectivity index is 1.93. The van der Waals surface area contributed by atoms with Crippen LogP contribution >= 0.6 is 11.6 Å². The first-order valence-corrected chi connectivity index (χ1v) is 9.89. The molecule has 1 fully saturated rings. The quantitative estimate of drug-likeness (QED) is 0.901. The van der Waals surface area contributed by atoms with E-state index in [-0.39, 0.29) is 5.92 Å². The first-order valence-electron chi connectivity index (χ1n) is 8.07. The third-order valence-corrected chi connectivity index (χ3v) is 7.15. The van der Waals surface area contributed by atoms with Gasteiger partial charge in [0.2, 0.25) is 10.0 Å². The molecule has 1 aliphatic rings. The minimum atomic E-state index is -3.53. The van der Waals surface area contributed by atoms with E-state index in [1.54, 1.807) is 29.6 Å². The minimum absolute atomic E-state index is 0.157. The number of piperidine rings is 1. The molecule has 130 valence electrons. The largest absolute Gasteiger partial charge is 0.282 e. The van der Waals surface area contributed by atoms with E-state index in [2.05, 4.69) is 10.2 Å². The van der Waals surface area contributed by atoms with Gasteiger partial charge in [-0.1, -0.05) is 11.6 Å². The third-order valence-electron chi connectivity index (χ3n) is 4.73. The van der Waals surface area contributed by atoms with Crippen molar-refractivity contribution in [1.82, 2.24) is 14.5 Å². The lowest BCUT2D eigenvalue weighted by Crippen LogP contribution is -2.39. The lowest BCUT2D eigenvalue weighted by molar-refractivity contribution is 0.312. The Kier molecular flexibility index (Phi) is 4.73. The number of benzene rings is 1. The van der Waals surface area contributed by atoms with Gasteiger partial charge in [-0.15, -0.1) is 0 Å². The van der Waals surface area contributed by atoms with E-state index >= 15 is 0 Å². The van der Waals surface area contributed by atoms with Crippen molar-refractivity contribution in [3.05, 3.63) is 45.7 Å². The van der Waals surface area contributed by atoms with Crippen LogP contribution in [0.2, 0.25) is 5.02 Å². The molecular formula is C17H22ClN3O2S. The van der Waals surface area contributed by atoms with Crippen molar-refractivity contribution in [1.29, 1.82) is 0 Å². The number of H-pyrrole nitrogens is 1. The van der Waals surface area contributed by atoms with Crippen LogP contribution < -0.4 is 0 Å². The predicted octanol–water partition coefficient (Wildman–Crippen LogP) is 3.56. The Morgan fingerprint density at radius 3 is 2.62 bits per heavy atom. The highest BCUT2D eigenvalue weighted by Crippen LogP contribution is 2.32. The maximum Gasteiger partial charge on any atom is 0.243 e. The van der Waals surface area contributed by atoms with Gasteiger partial charge in [0.1, 0.15) is 0 Å². The van der Waals surface area contributed by atoms with Crippen molar-refractivity contribution in [3.63, 3.8) is 0 Å². The average Bonchev–Trinajstić information content (AvgIpc) is 2.97. The molecule has 2 aromatic rings. The molecule has 0 aliphatic carbocycles. The number of sulfonamides is 1. The summed E-state index contributed by atoms with van der Waals surface area (Å²) in [6, 6.07) is 3.41. The van der Waals surface area contributed by atoms with E-state index < -0.39 is 10.0 Å². The molecule has 5 nitrogen and oxygen atoms in total. The first kappa shape index (κ1) is 17.5. The summed E-state index contributed by atoms with van der Waals surface area (Å²) in [7, 11) is -3.53. The van der Waals surface area contributed by atoms with Crippen LogP contribution in [-0.4, -0.2) is 36.0 Å². The lowest BCUT2D eigenvalue weighted by atomic mass is 9.94. The Morgan fingerprint density at radius 2 is 1.96 bits per heavy atom. The van der Waals surface area contributed by atoms with Crippen molar-refractivity contribution >= 4 is 21.6 Å². The summed E-state index contributed by atoms with van der Waals surface area (Å²) >= 11 is 6.11. The maximum absolute atomic E-state index is 13.1. The lowest BCUT2D eigenvalue weighted by Gasteiger charge is -2.32. The standard InChI is InChI=1S/C17H22ClN3O2S/c1-11-8-16(12(2)7-15(11)18)24(22,23)21-6-4-5-14(10-21)17-13(3)9-19-20-17/h7-9,14H,4-6,10H2,1-3H3,(H,19,20)/t14-/m1/s1. The molecule has 0 unspecified atom stereocenters. The molecule has 24 heavy (non-hydrogen) atoms. The van der Waals surface area contributed by atoms with Crippen molar-refractivity contribution in [3.8, 4) is 0 Å². The van der Waals surface area contributed by atoms with Gasteiger partial charge in [0.05, 0.1) is 11.1 Å². The first-order chi connectivity index (χ1) is 11.3. The predicted molar refractivity (Wildman–Crippen MR) is 95.0 cm³/mol. The van der Waals surface area contributed by atoms with Crippen LogP contribution in [-0.2, 0) is 10.0 Å². The summed E-state index contributed by atoms with van der Waals surface area (Å²) in [6.07, 6.45) is 3.59. The van der Waals surface area contributed by atoms with Gasteiger partial charge in [-0.05, 0) is 62.4 Å². The zero-order valence-electron chi connectivity index (χ0n) is 14.1. The van der Waals surface area contributed by atoms with Gasteiger partial charge < -0.3 is 0 Å². The number of hydrogen-bond donors (Lipinski definition) is 1. The number of aryl methyl sites for hydroxylation is 3. The van der Waals surface area contributed by atoms with Gasteiger partial charge in [0, 0.05) is 29.7 Å². The van der Waals surface area contributed by atoms with Crippen LogP contribution in [0.3, 0.4) is 0 Å². The van der Waals surface area contributed by atoms with E-state index in [0.717, 1.165) is 29.7 Å². The number of rotatable bonds is 3. The van der Waals surface area contributed by atoms with Crippen molar-refractivity contribution in [2.45, 2.75) is 44.4 Å². The van der Waals surface area contributed by atoms with Gasteiger partial charge in [-0.25, -0.2) is 8.42 Å². The summed E-state index contributed by atoms with van der Waals surface area (Å²) in [5, 5.41) is 7.69. The highest BCUT2D eigenvalue weighted by Gasteiger charge is 2.33. The molecular weight excluding hydrogens is 346 g/mol. The zero-order valence-corrected chi connectivity index (χ0v) is 15.7. The molecule has 1 N–H and O–H groups in total. The molecule has 0 radical (unpaired) electrons. The van der Waals surface area contributed by atoms with Gasteiger partial charge >= 0.3 is 0 Å². The maximum atomic E-state index is 13.1. The highest BCUT2D eigenvalue weighted by molar-refractivity contribution is 7.89. The molecule has 7 heteroatoms. The van der Waals surface area contributed by atoms with Gasteiger partial charge in [-0.3, -0.25) is 5.10 Å². The van der Waals surface area contributed by atoms with Crippen LogP contribution in [0.15, 0.2) is 23.2 Å². The number of nitrogens with one attached hydrogen (secondary N) is 1. The van der Waals surface area contributed by atoms with Gasteiger partial charge in [0.25, 0.3) is 0 Å². The van der Waals surface area contributed by atoms with E-state index in [0.29, 0.717) is 28.6 Å². The summed E-state index contributed by atoms with van der Waals surface area (Å²) in [4.78, 5) is 0.353. The number of hydrogen-bond acceptors (Lipinski definition) is 3.